The quantitative estimate of drug-likeness (QED) is 0.799. The molecule has 0 spiro atoms. The Morgan fingerprint density at radius 3 is 2.64 bits per heavy atom. The molecular weight excluding hydrogens is 373 g/mol. The van der Waals surface area contributed by atoms with Gasteiger partial charge >= 0.3 is 6.18 Å². The van der Waals surface area contributed by atoms with Crippen molar-refractivity contribution in [3.63, 3.8) is 0 Å². The molecule has 28 heavy (non-hydrogen) atoms. The van der Waals surface area contributed by atoms with Crippen molar-refractivity contribution < 1.29 is 22.7 Å². The number of alkyl halides is 3. The summed E-state index contributed by atoms with van der Waals surface area (Å²) >= 11 is 0. The first-order valence-corrected chi connectivity index (χ1v) is 9.10. The number of carbonyl (C=O) groups excluding carboxylic acids is 1. The van der Waals surface area contributed by atoms with Crippen LogP contribution < -0.4 is 15.4 Å². The molecule has 2 N–H and O–H groups in total. The first kappa shape index (κ1) is 20.0. The van der Waals surface area contributed by atoms with E-state index in [2.05, 4.69) is 15.7 Å². The Morgan fingerprint density at radius 2 is 2.07 bits per heavy atom. The summed E-state index contributed by atoms with van der Waals surface area (Å²) in [6.07, 6.45) is -2.81. The van der Waals surface area contributed by atoms with E-state index < -0.39 is 24.2 Å². The maximum atomic E-state index is 13.7. The summed E-state index contributed by atoms with van der Waals surface area (Å²) < 4.78 is 47.1. The molecule has 0 saturated heterocycles. The molecule has 2 aromatic rings. The van der Waals surface area contributed by atoms with Crippen molar-refractivity contribution in [1.82, 2.24) is 15.1 Å². The molecule has 9 heteroatoms. The van der Waals surface area contributed by atoms with Crippen molar-refractivity contribution in [1.29, 1.82) is 0 Å². The highest BCUT2D eigenvalue weighted by Gasteiger charge is 2.47. The number of fused-ring (bicyclic) bond motifs is 1. The van der Waals surface area contributed by atoms with Crippen LogP contribution in [0.3, 0.4) is 0 Å². The van der Waals surface area contributed by atoms with E-state index in [9.17, 15) is 18.0 Å². The zero-order valence-electron chi connectivity index (χ0n) is 15.9. The summed E-state index contributed by atoms with van der Waals surface area (Å²) in [7, 11) is 1.52. The molecule has 3 rings (SSSR count). The van der Waals surface area contributed by atoms with Crippen LogP contribution in [0.1, 0.15) is 54.7 Å². The smallest absolute Gasteiger partial charge is 0.410 e. The zero-order chi connectivity index (χ0) is 20.5. The van der Waals surface area contributed by atoms with Gasteiger partial charge in [0, 0.05) is 12.5 Å². The number of nitrogens with one attached hydrogen (secondary N) is 2. The minimum Gasteiger partial charge on any atom is -0.497 e. The molecule has 6 nitrogen and oxygen atoms in total. The van der Waals surface area contributed by atoms with E-state index in [1.165, 1.54) is 13.3 Å². The normalized spacial score (nSPS) is 20.1. The van der Waals surface area contributed by atoms with E-state index >= 15 is 0 Å². The number of hydrogen-bond donors (Lipinski definition) is 2. The highest BCUT2D eigenvalue weighted by molar-refractivity contribution is 5.99. The molecule has 0 bridgehead atoms. The fourth-order valence-electron chi connectivity index (χ4n) is 3.19. The van der Waals surface area contributed by atoms with Gasteiger partial charge in [-0.25, -0.2) is 4.68 Å². The Labute approximate surface area is 161 Å². The lowest BCUT2D eigenvalue weighted by molar-refractivity contribution is -0.173. The summed E-state index contributed by atoms with van der Waals surface area (Å²) in [4.78, 5) is 12.5. The Kier molecular flexibility index (Phi) is 5.53. The number of hydrogen-bond acceptors (Lipinski definition) is 4. The third-order valence-electron chi connectivity index (χ3n) is 4.99. The van der Waals surface area contributed by atoms with Gasteiger partial charge in [0.25, 0.3) is 5.91 Å². The number of benzene rings is 1. The van der Waals surface area contributed by atoms with Crippen LogP contribution in [0.2, 0.25) is 0 Å². The van der Waals surface area contributed by atoms with Crippen LogP contribution in [0, 0.1) is 0 Å². The lowest BCUT2D eigenvalue weighted by atomic mass is 9.96. The molecule has 0 fully saturated rings. The summed E-state index contributed by atoms with van der Waals surface area (Å²) in [5, 5.41) is 9.72. The van der Waals surface area contributed by atoms with Gasteiger partial charge in [-0.1, -0.05) is 19.1 Å². The molecular formula is C19H23F3N4O2. The predicted molar refractivity (Wildman–Crippen MR) is 98.5 cm³/mol. The predicted octanol–water partition coefficient (Wildman–Crippen LogP) is 4.08. The molecule has 3 atom stereocenters. The van der Waals surface area contributed by atoms with E-state index in [-0.39, 0.29) is 23.8 Å². The largest absolute Gasteiger partial charge is 0.497 e. The van der Waals surface area contributed by atoms with Crippen molar-refractivity contribution in [2.45, 2.75) is 51.0 Å². The van der Waals surface area contributed by atoms with E-state index in [4.69, 9.17) is 4.74 Å². The van der Waals surface area contributed by atoms with Gasteiger partial charge in [-0.15, -0.1) is 0 Å². The molecule has 0 saturated carbocycles. The SMILES string of the molecule is CCC(C)NC(=O)c1cnn2c1N[C@@H](c1ccc(OC)cc1)C[C@H]2C(F)(F)F. The minimum absolute atomic E-state index is 0.0789. The molecule has 1 aliphatic heterocycles. The maximum absolute atomic E-state index is 13.7. The van der Waals surface area contributed by atoms with Gasteiger partial charge < -0.3 is 15.4 Å². The molecule has 152 valence electrons. The Hall–Kier alpha value is -2.71. The van der Waals surface area contributed by atoms with Crippen molar-refractivity contribution in [3.05, 3.63) is 41.6 Å². The molecule has 0 radical (unpaired) electrons. The molecule has 1 aromatic heterocycles. The van der Waals surface area contributed by atoms with Gasteiger partial charge in [0.2, 0.25) is 0 Å². The van der Waals surface area contributed by atoms with Gasteiger partial charge in [-0.3, -0.25) is 4.79 Å². The van der Waals surface area contributed by atoms with E-state index in [1.54, 1.807) is 24.3 Å². The lowest BCUT2D eigenvalue weighted by Gasteiger charge is -2.34. The van der Waals surface area contributed by atoms with Crippen LogP contribution in [0.5, 0.6) is 5.75 Å². The first-order valence-electron chi connectivity index (χ1n) is 9.10. The fourth-order valence-corrected chi connectivity index (χ4v) is 3.19. The Balaban J connectivity index is 1.96. The molecule has 0 aliphatic carbocycles. The summed E-state index contributed by atoms with van der Waals surface area (Å²) in [6, 6.07) is 4.30. The van der Waals surface area contributed by atoms with Crippen LogP contribution in [0.15, 0.2) is 30.5 Å². The van der Waals surface area contributed by atoms with Gasteiger partial charge in [-0.05, 0) is 31.0 Å². The van der Waals surface area contributed by atoms with E-state index in [0.717, 1.165) is 4.68 Å². The van der Waals surface area contributed by atoms with Crippen LogP contribution in [-0.2, 0) is 0 Å². The highest BCUT2D eigenvalue weighted by atomic mass is 19.4. The van der Waals surface area contributed by atoms with E-state index in [1.807, 2.05) is 13.8 Å². The molecule has 1 aliphatic rings. The van der Waals surface area contributed by atoms with Crippen molar-refractivity contribution in [2.24, 2.45) is 0 Å². The second-order valence-corrected chi connectivity index (χ2v) is 6.90. The van der Waals surface area contributed by atoms with E-state index in [0.29, 0.717) is 17.7 Å². The van der Waals surface area contributed by atoms with Crippen LogP contribution in [0.4, 0.5) is 19.0 Å². The standard InChI is InChI=1S/C19H23F3N4O2/c1-4-11(2)24-18(27)14-10-23-26-16(19(20,21)22)9-15(25-17(14)26)12-5-7-13(28-3)8-6-12/h5-8,10-11,15-16,25H,4,9H2,1-3H3,(H,24,27)/t11?,15-,16+/m1/s1. The highest BCUT2D eigenvalue weighted by Crippen LogP contribution is 2.44. The summed E-state index contributed by atoms with van der Waals surface area (Å²) in [5.74, 6) is 0.250. The first-order chi connectivity index (χ1) is 13.2. The number of carbonyl (C=O) groups is 1. The summed E-state index contributed by atoms with van der Waals surface area (Å²) in [5.41, 5.74) is 0.781. The number of nitrogens with zero attached hydrogens (tertiary/aromatic N) is 2. The minimum atomic E-state index is -4.49. The lowest BCUT2D eigenvalue weighted by Crippen LogP contribution is -2.37. The number of amides is 1. The van der Waals surface area contributed by atoms with Crippen molar-refractivity contribution in [3.8, 4) is 5.75 Å². The average Bonchev–Trinajstić information content (AvgIpc) is 3.10. The van der Waals surface area contributed by atoms with Gasteiger partial charge in [-0.2, -0.15) is 18.3 Å². The number of aromatic nitrogens is 2. The number of anilines is 1. The van der Waals surface area contributed by atoms with Crippen molar-refractivity contribution >= 4 is 11.7 Å². The number of halogens is 3. The van der Waals surface area contributed by atoms with Gasteiger partial charge in [0.05, 0.1) is 19.3 Å². The molecule has 2 heterocycles. The fraction of sp³-hybridized carbons (Fsp3) is 0.474. The third kappa shape index (κ3) is 3.93. The second-order valence-electron chi connectivity index (χ2n) is 6.90. The molecule has 1 aromatic carbocycles. The van der Waals surface area contributed by atoms with Crippen LogP contribution in [-0.4, -0.2) is 35.0 Å². The van der Waals surface area contributed by atoms with Crippen LogP contribution >= 0.6 is 0 Å². The molecule has 1 unspecified atom stereocenters. The Morgan fingerprint density at radius 1 is 1.39 bits per heavy atom. The van der Waals surface area contributed by atoms with Gasteiger partial charge in [0.15, 0.2) is 6.04 Å². The third-order valence-corrected chi connectivity index (χ3v) is 4.99. The average molecular weight is 396 g/mol. The van der Waals surface area contributed by atoms with Crippen LogP contribution in [0.25, 0.3) is 0 Å². The number of rotatable bonds is 5. The maximum Gasteiger partial charge on any atom is 0.410 e. The number of methoxy groups -OCH3 is 1. The van der Waals surface area contributed by atoms with Gasteiger partial charge in [0.1, 0.15) is 17.1 Å². The summed E-state index contributed by atoms with van der Waals surface area (Å²) in [6.45, 7) is 3.75. The number of ether oxygens (including phenoxy) is 1. The molecule has 1 amide bonds. The monoisotopic (exact) mass is 396 g/mol. The topological polar surface area (TPSA) is 68.2 Å². The van der Waals surface area contributed by atoms with Crippen molar-refractivity contribution in [2.75, 3.05) is 12.4 Å². The second kappa shape index (κ2) is 7.73. The Bertz CT molecular complexity index is 833. The zero-order valence-corrected chi connectivity index (χ0v) is 15.9.